The second kappa shape index (κ2) is 4.61. The Kier molecular flexibility index (Phi) is 3.19. The molecule has 0 spiro atoms. The third-order valence-corrected chi connectivity index (χ3v) is 3.81. The summed E-state index contributed by atoms with van der Waals surface area (Å²) in [5, 5.41) is 4.13. The van der Waals surface area contributed by atoms with Gasteiger partial charge in [0.2, 0.25) is 0 Å². The zero-order chi connectivity index (χ0) is 11.5. The Hall–Kier alpha value is -1.42. The SMILES string of the molecule is CC(C)c1ccc(-c2cnn(CC=O)c2)s1. The van der Waals surface area contributed by atoms with Gasteiger partial charge >= 0.3 is 0 Å². The number of aromatic nitrogens is 2. The smallest absolute Gasteiger partial charge is 0.141 e. The molecule has 2 heterocycles. The summed E-state index contributed by atoms with van der Waals surface area (Å²) < 4.78 is 1.65. The van der Waals surface area contributed by atoms with Crippen molar-refractivity contribution in [1.29, 1.82) is 0 Å². The van der Waals surface area contributed by atoms with Gasteiger partial charge < -0.3 is 4.79 Å². The van der Waals surface area contributed by atoms with Gasteiger partial charge in [-0.3, -0.25) is 4.68 Å². The van der Waals surface area contributed by atoms with Crippen molar-refractivity contribution in [2.24, 2.45) is 0 Å². The first-order valence-corrected chi connectivity index (χ1v) is 6.08. The number of hydrogen-bond acceptors (Lipinski definition) is 3. The molecule has 0 amide bonds. The van der Waals surface area contributed by atoms with Gasteiger partial charge in [0.15, 0.2) is 0 Å². The molecule has 0 atom stereocenters. The molecule has 0 fully saturated rings. The molecule has 0 radical (unpaired) electrons. The fourth-order valence-electron chi connectivity index (χ4n) is 1.49. The fourth-order valence-corrected chi connectivity index (χ4v) is 2.47. The number of nitrogens with zero attached hydrogens (tertiary/aromatic N) is 2. The second-order valence-electron chi connectivity index (χ2n) is 3.97. The predicted octanol–water partition coefficient (Wildman–Crippen LogP) is 2.93. The highest BCUT2D eigenvalue weighted by molar-refractivity contribution is 7.15. The lowest BCUT2D eigenvalue weighted by atomic mass is 10.2. The molecule has 16 heavy (non-hydrogen) atoms. The maximum absolute atomic E-state index is 10.4. The first-order chi connectivity index (χ1) is 7.70. The molecule has 0 aliphatic rings. The molecule has 84 valence electrons. The summed E-state index contributed by atoms with van der Waals surface area (Å²) >= 11 is 1.78. The van der Waals surface area contributed by atoms with Gasteiger partial charge in [0.05, 0.1) is 12.7 Å². The maximum atomic E-state index is 10.4. The van der Waals surface area contributed by atoms with E-state index < -0.39 is 0 Å². The van der Waals surface area contributed by atoms with Gasteiger partial charge in [0, 0.05) is 21.5 Å². The van der Waals surface area contributed by atoms with E-state index in [9.17, 15) is 4.79 Å². The quantitative estimate of drug-likeness (QED) is 0.762. The average molecular weight is 234 g/mol. The van der Waals surface area contributed by atoms with E-state index in [2.05, 4.69) is 31.1 Å². The standard InChI is InChI=1S/C12H14N2OS/c1-9(2)11-3-4-12(16-11)10-7-13-14(8-10)5-6-15/h3-4,6-9H,5H2,1-2H3. The molecular weight excluding hydrogens is 220 g/mol. The van der Waals surface area contributed by atoms with Gasteiger partial charge in [-0.05, 0) is 18.1 Å². The van der Waals surface area contributed by atoms with Crippen molar-refractivity contribution >= 4 is 17.6 Å². The van der Waals surface area contributed by atoms with Gasteiger partial charge in [-0.2, -0.15) is 5.10 Å². The Bertz CT molecular complexity index is 485. The van der Waals surface area contributed by atoms with Crippen molar-refractivity contribution in [1.82, 2.24) is 9.78 Å². The molecule has 0 aliphatic carbocycles. The molecule has 0 aromatic carbocycles. The number of thiophene rings is 1. The van der Waals surface area contributed by atoms with Gasteiger partial charge in [0.25, 0.3) is 0 Å². The second-order valence-corrected chi connectivity index (χ2v) is 5.09. The molecule has 0 unspecified atom stereocenters. The number of carbonyl (C=O) groups excluding carboxylic acids is 1. The number of carbonyl (C=O) groups is 1. The topological polar surface area (TPSA) is 34.9 Å². The van der Waals surface area contributed by atoms with Crippen LogP contribution in [-0.2, 0) is 11.3 Å². The third kappa shape index (κ3) is 2.22. The lowest BCUT2D eigenvalue weighted by molar-refractivity contribution is -0.108. The van der Waals surface area contributed by atoms with Crippen LogP contribution in [0.5, 0.6) is 0 Å². The molecule has 0 saturated carbocycles. The summed E-state index contributed by atoms with van der Waals surface area (Å²) in [6.07, 6.45) is 4.56. The van der Waals surface area contributed by atoms with Crippen LogP contribution in [0.2, 0.25) is 0 Å². The minimum Gasteiger partial charge on any atom is -0.301 e. The van der Waals surface area contributed by atoms with E-state index in [0.29, 0.717) is 12.5 Å². The molecule has 2 rings (SSSR count). The first-order valence-electron chi connectivity index (χ1n) is 5.27. The minimum atomic E-state index is 0.322. The van der Waals surface area contributed by atoms with E-state index in [-0.39, 0.29) is 0 Å². The normalized spacial score (nSPS) is 10.9. The summed E-state index contributed by atoms with van der Waals surface area (Å²) in [6.45, 7) is 4.69. The Labute approximate surface area is 98.7 Å². The van der Waals surface area contributed by atoms with Crippen molar-refractivity contribution in [3.63, 3.8) is 0 Å². The van der Waals surface area contributed by atoms with Crippen LogP contribution in [-0.4, -0.2) is 16.1 Å². The summed E-state index contributed by atoms with van der Waals surface area (Å²) in [5.74, 6) is 0.559. The molecule has 0 saturated heterocycles. The van der Waals surface area contributed by atoms with Gasteiger partial charge in [0.1, 0.15) is 6.29 Å². The van der Waals surface area contributed by atoms with E-state index in [4.69, 9.17) is 0 Å². The van der Waals surface area contributed by atoms with Crippen molar-refractivity contribution in [3.8, 4) is 10.4 Å². The molecule has 4 heteroatoms. The van der Waals surface area contributed by atoms with Gasteiger partial charge in [-0.15, -0.1) is 11.3 Å². The molecule has 0 N–H and O–H groups in total. The third-order valence-electron chi connectivity index (χ3n) is 2.38. The van der Waals surface area contributed by atoms with Crippen LogP contribution in [0.4, 0.5) is 0 Å². The molecule has 2 aromatic rings. The van der Waals surface area contributed by atoms with Gasteiger partial charge in [-0.1, -0.05) is 13.8 Å². The summed E-state index contributed by atoms with van der Waals surface area (Å²) in [4.78, 5) is 12.9. The van der Waals surface area contributed by atoms with Crippen molar-refractivity contribution in [3.05, 3.63) is 29.4 Å². The highest BCUT2D eigenvalue weighted by atomic mass is 32.1. The van der Waals surface area contributed by atoms with Crippen molar-refractivity contribution in [2.75, 3.05) is 0 Å². The predicted molar refractivity (Wildman–Crippen MR) is 65.7 cm³/mol. The van der Waals surface area contributed by atoms with Crippen LogP contribution >= 0.6 is 11.3 Å². The van der Waals surface area contributed by atoms with Crippen LogP contribution in [0.3, 0.4) is 0 Å². The Morgan fingerprint density at radius 2 is 2.31 bits per heavy atom. The summed E-state index contributed by atoms with van der Waals surface area (Å²) in [7, 11) is 0. The van der Waals surface area contributed by atoms with Crippen molar-refractivity contribution in [2.45, 2.75) is 26.3 Å². The molecule has 0 aliphatic heterocycles. The van der Waals surface area contributed by atoms with E-state index in [1.807, 2.05) is 6.20 Å². The highest BCUT2D eigenvalue weighted by Gasteiger charge is 2.07. The van der Waals surface area contributed by atoms with E-state index in [1.165, 1.54) is 9.75 Å². The zero-order valence-electron chi connectivity index (χ0n) is 9.38. The zero-order valence-corrected chi connectivity index (χ0v) is 10.2. The first kappa shape index (κ1) is 11.1. The maximum Gasteiger partial charge on any atom is 0.141 e. The Morgan fingerprint density at radius 3 is 2.94 bits per heavy atom. The lowest BCUT2D eigenvalue weighted by Crippen LogP contribution is -1.97. The van der Waals surface area contributed by atoms with Crippen LogP contribution in [0, 0.1) is 0 Å². The molecule has 0 bridgehead atoms. The van der Waals surface area contributed by atoms with Crippen LogP contribution in [0.15, 0.2) is 24.5 Å². The van der Waals surface area contributed by atoms with Crippen LogP contribution in [0.25, 0.3) is 10.4 Å². The molecule has 2 aromatic heterocycles. The molecular formula is C12H14N2OS. The fraction of sp³-hybridized carbons (Fsp3) is 0.333. The number of hydrogen-bond donors (Lipinski definition) is 0. The van der Waals surface area contributed by atoms with E-state index in [0.717, 1.165) is 11.8 Å². The Morgan fingerprint density at radius 1 is 1.50 bits per heavy atom. The monoisotopic (exact) mass is 234 g/mol. The van der Waals surface area contributed by atoms with E-state index in [1.54, 1.807) is 22.2 Å². The van der Waals surface area contributed by atoms with Crippen LogP contribution in [0.1, 0.15) is 24.6 Å². The van der Waals surface area contributed by atoms with E-state index >= 15 is 0 Å². The van der Waals surface area contributed by atoms with Gasteiger partial charge in [-0.25, -0.2) is 0 Å². The lowest BCUT2D eigenvalue weighted by Gasteiger charge is -1.97. The molecule has 3 nitrogen and oxygen atoms in total. The minimum absolute atomic E-state index is 0.322. The van der Waals surface area contributed by atoms with Crippen molar-refractivity contribution < 1.29 is 4.79 Å². The average Bonchev–Trinajstić information content (AvgIpc) is 2.84. The Balaban J connectivity index is 2.24. The number of rotatable bonds is 4. The largest absolute Gasteiger partial charge is 0.301 e. The highest BCUT2D eigenvalue weighted by Crippen LogP contribution is 2.31. The number of aldehydes is 1. The van der Waals surface area contributed by atoms with Crippen LogP contribution < -0.4 is 0 Å². The summed E-state index contributed by atoms with van der Waals surface area (Å²) in [5.41, 5.74) is 1.08. The summed E-state index contributed by atoms with van der Waals surface area (Å²) in [6, 6.07) is 4.27.